The maximum Gasteiger partial charge on any atom is 0.226 e. The minimum atomic E-state index is -0.437. The number of amides is 2. The maximum absolute atomic E-state index is 12.9. The number of hydrogen-bond acceptors (Lipinski definition) is 4. The van der Waals surface area contributed by atoms with Gasteiger partial charge in [0, 0.05) is 20.5 Å². The highest BCUT2D eigenvalue weighted by Gasteiger charge is 2.19. The van der Waals surface area contributed by atoms with Gasteiger partial charge in [-0.3, -0.25) is 9.59 Å². The largest absolute Gasteiger partial charge is 0.497 e. The Kier molecular flexibility index (Phi) is 7.86. The Hall–Kier alpha value is -3.80. The molecule has 0 aliphatic rings. The van der Waals surface area contributed by atoms with Gasteiger partial charge < -0.3 is 20.3 Å². The second kappa shape index (κ2) is 11.0. The minimum absolute atomic E-state index is 0.114. The average molecular weight is 432 g/mol. The quantitative estimate of drug-likeness (QED) is 0.522. The normalized spacial score (nSPS) is 11.3. The maximum atomic E-state index is 12.9. The fourth-order valence-electron chi connectivity index (χ4n) is 3.58. The highest BCUT2D eigenvalue weighted by molar-refractivity contribution is 5.95. The lowest BCUT2D eigenvalue weighted by atomic mass is 10.0. The van der Waals surface area contributed by atoms with Crippen LogP contribution in [0.15, 0.2) is 78.9 Å². The molecule has 0 aromatic heterocycles. The standard InChI is InChI=1S/C26H29N3O3/c1-19(30)27-24(21-13-15-22(32-3)16-14-21)17-26(31)28-23-11-7-8-12-25(23)29(2)18-20-9-5-4-6-10-20/h4-16,24H,17-18H2,1-3H3,(H,27,30)(H,28,31). The molecule has 1 unspecified atom stereocenters. The van der Waals surface area contributed by atoms with Crippen LogP contribution in [0, 0.1) is 0 Å². The van der Waals surface area contributed by atoms with Gasteiger partial charge in [-0.25, -0.2) is 0 Å². The molecule has 1 atom stereocenters. The van der Waals surface area contributed by atoms with Gasteiger partial charge in [-0.15, -0.1) is 0 Å². The van der Waals surface area contributed by atoms with E-state index < -0.39 is 6.04 Å². The van der Waals surface area contributed by atoms with Gasteiger partial charge in [0.25, 0.3) is 0 Å². The van der Waals surface area contributed by atoms with Crippen LogP contribution >= 0.6 is 0 Å². The molecule has 2 amide bonds. The lowest BCUT2D eigenvalue weighted by molar-refractivity contribution is -0.120. The molecule has 0 saturated heterocycles. The lowest BCUT2D eigenvalue weighted by Gasteiger charge is -2.23. The number of carbonyl (C=O) groups excluding carboxylic acids is 2. The van der Waals surface area contributed by atoms with E-state index in [0.29, 0.717) is 6.54 Å². The average Bonchev–Trinajstić information content (AvgIpc) is 2.79. The van der Waals surface area contributed by atoms with E-state index in [1.54, 1.807) is 7.11 Å². The summed E-state index contributed by atoms with van der Waals surface area (Å²) in [5.74, 6) is 0.344. The Balaban J connectivity index is 1.73. The van der Waals surface area contributed by atoms with Gasteiger partial charge >= 0.3 is 0 Å². The van der Waals surface area contributed by atoms with Crippen LogP contribution in [0.4, 0.5) is 11.4 Å². The van der Waals surface area contributed by atoms with E-state index in [1.807, 2.05) is 73.8 Å². The van der Waals surface area contributed by atoms with Crippen molar-refractivity contribution in [3.63, 3.8) is 0 Å². The number of rotatable bonds is 9. The van der Waals surface area contributed by atoms with Crippen molar-refractivity contribution in [3.05, 3.63) is 90.0 Å². The molecule has 0 saturated carbocycles. The van der Waals surface area contributed by atoms with Gasteiger partial charge in [-0.1, -0.05) is 54.6 Å². The zero-order chi connectivity index (χ0) is 22.9. The van der Waals surface area contributed by atoms with Crippen LogP contribution in [-0.2, 0) is 16.1 Å². The number of para-hydroxylation sites is 2. The summed E-state index contributed by atoms with van der Waals surface area (Å²) in [5.41, 5.74) is 3.67. The van der Waals surface area contributed by atoms with E-state index in [2.05, 4.69) is 27.7 Å². The highest BCUT2D eigenvalue weighted by atomic mass is 16.5. The van der Waals surface area contributed by atoms with Crippen LogP contribution in [0.3, 0.4) is 0 Å². The summed E-state index contributed by atoms with van der Waals surface area (Å²) < 4.78 is 5.20. The van der Waals surface area contributed by atoms with Gasteiger partial charge in [0.1, 0.15) is 5.75 Å². The zero-order valence-corrected chi connectivity index (χ0v) is 18.7. The fraction of sp³-hybridized carbons (Fsp3) is 0.231. The summed E-state index contributed by atoms with van der Waals surface area (Å²) in [6, 6.07) is 24.8. The summed E-state index contributed by atoms with van der Waals surface area (Å²) in [5, 5.41) is 5.89. The van der Waals surface area contributed by atoms with Crippen molar-refractivity contribution >= 4 is 23.2 Å². The van der Waals surface area contributed by atoms with Crippen molar-refractivity contribution in [1.82, 2.24) is 5.32 Å². The van der Waals surface area contributed by atoms with Gasteiger partial charge in [0.2, 0.25) is 11.8 Å². The van der Waals surface area contributed by atoms with Gasteiger partial charge in [0.15, 0.2) is 0 Å². The monoisotopic (exact) mass is 431 g/mol. The van der Waals surface area contributed by atoms with Crippen LogP contribution in [0.2, 0.25) is 0 Å². The Morgan fingerprint density at radius 1 is 0.938 bits per heavy atom. The lowest BCUT2D eigenvalue weighted by Crippen LogP contribution is -2.30. The summed E-state index contributed by atoms with van der Waals surface area (Å²) in [6.45, 7) is 2.16. The summed E-state index contributed by atoms with van der Waals surface area (Å²) in [4.78, 5) is 26.8. The van der Waals surface area contributed by atoms with E-state index >= 15 is 0 Å². The number of anilines is 2. The number of carbonyl (C=O) groups is 2. The van der Waals surface area contributed by atoms with Crippen molar-refractivity contribution in [3.8, 4) is 5.75 Å². The molecule has 0 aliphatic heterocycles. The molecule has 3 rings (SSSR count). The molecule has 0 radical (unpaired) electrons. The Morgan fingerprint density at radius 3 is 2.25 bits per heavy atom. The second-order valence-corrected chi connectivity index (χ2v) is 7.64. The molecule has 0 fully saturated rings. The first-order chi connectivity index (χ1) is 15.5. The van der Waals surface area contributed by atoms with E-state index in [-0.39, 0.29) is 18.2 Å². The molecule has 3 aromatic carbocycles. The van der Waals surface area contributed by atoms with Crippen molar-refractivity contribution in [2.75, 3.05) is 24.4 Å². The van der Waals surface area contributed by atoms with E-state index in [4.69, 9.17) is 4.74 Å². The number of ether oxygens (including phenoxy) is 1. The molecule has 0 aliphatic carbocycles. The van der Waals surface area contributed by atoms with Crippen molar-refractivity contribution in [1.29, 1.82) is 0 Å². The molecule has 6 heteroatoms. The van der Waals surface area contributed by atoms with Gasteiger partial charge in [0.05, 0.1) is 30.9 Å². The molecule has 0 bridgehead atoms. The summed E-state index contributed by atoms with van der Waals surface area (Å²) in [6.07, 6.45) is 0.114. The molecule has 0 spiro atoms. The van der Waals surface area contributed by atoms with Crippen LogP contribution < -0.4 is 20.3 Å². The number of benzene rings is 3. The van der Waals surface area contributed by atoms with Crippen LogP contribution in [0.1, 0.15) is 30.5 Å². The molecular formula is C26H29N3O3. The van der Waals surface area contributed by atoms with Crippen molar-refractivity contribution in [2.45, 2.75) is 25.9 Å². The SMILES string of the molecule is COc1ccc(C(CC(=O)Nc2ccccc2N(C)Cc2ccccc2)NC(C)=O)cc1. The first-order valence-electron chi connectivity index (χ1n) is 10.5. The topological polar surface area (TPSA) is 70.7 Å². The number of methoxy groups -OCH3 is 1. The zero-order valence-electron chi connectivity index (χ0n) is 18.7. The molecule has 2 N–H and O–H groups in total. The Bertz CT molecular complexity index is 1040. The van der Waals surface area contributed by atoms with Gasteiger partial charge in [-0.2, -0.15) is 0 Å². The molecule has 3 aromatic rings. The van der Waals surface area contributed by atoms with E-state index in [9.17, 15) is 9.59 Å². The minimum Gasteiger partial charge on any atom is -0.497 e. The first-order valence-corrected chi connectivity index (χ1v) is 10.5. The molecule has 0 heterocycles. The molecule has 32 heavy (non-hydrogen) atoms. The third-order valence-electron chi connectivity index (χ3n) is 5.14. The third kappa shape index (κ3) is 6.35. The van der Waals surface area contributed by atoms with Crippen molar-refractivity contribution < 1.29 is 14.3 Å². The Labute approximate surface area is 189 Å². The highest BCUT2D eigenvalue weighted by Crippen LogP contribution is 2.27. The molecular weight excluding hydrogens is 402 g/mol. The predicted octanol–water partition coefficient (Wildman–Crippen LogP) is 4.54. The third-order valence-corrected chi connectivity index (χ3v) is 5.14. The van der Waals surface area contributed by atoms with Crippen LogP contribution in [-0.4, -0.2) is 26.0 Å². The van der Waals surface area contributed by atoms with Crippen LogP contribution in [0.25, 0.3) is 0 Å². The van der Waals surface area contributed by atoms with Crippen molar-refractivity contribution in [2.24, 2.45) is 0 Å². The predicted molar refractivity (Wildman–Crippen MR) is 128 cm³/mol. The fourth-order valence-corrected chi connectivity index (χ4v) is 3.58. The Morgan fingerprint density at radius 2 is 1.59 bits per heavy atom. The molecule has 166 valence electrons. The first kappa shape index (κ1) is 22.9. The smallest absolute Gasteiger partial charge is 0.226 e. The van der Waals surface area contributed by atoms with Crippen LogP contribution in [0.5, 0.6) is 5.75 Å². The number of hydrogen-bond donors (Lipinski definition) is 2. The summed E-state index contributed by atoms with van der Waals surface area (Å²) >= 11 is 0. The van der Waals surface area contributed by atoms with E-state index in [1.165, 1.54) is 12.5 Å². The number of nitrogens with one attached hydrogen (secondary N) is 2. The van der Waals surface area contributed by atoms with Gasteiger partial charge in [-0.05, 0) is 35.4 Å². The summed E-state index contributed by atoms with van der Waals surface area (Å²) in [7, 11) is 3.59. The van der Waals surface area contributed by atoms with E-state index in [0.717, 1.165) is 22.7 Å². The molecule has 6 nitrogen and oxygen atoms in total. The second-order valence-electron chi connectivity index (χ2n) is 7.64. The number of nitrogens with zero attached hydrogens (tertiary/aromatic N) is 1.